The summed E-state index contributed by atoms with van der Waals surface area (Å²) in [7, 11) is 0. The maximum absolute atomic E-state index is 11.5. The van der Waals surface area contributed by atoms with Gasteiger partial charge in [0.15, 0.2) is 11.9 Å². The highest BCUT2D eigenvalue weighted by molar-refractivity contribution is 6.34. The van der Waals surface area contributed by atoms with Gasteiger partial charge in [0.05, 0.1) is 12.2 Å². The first-order chi connectivity index (χ1) is 10.8. The number of carbonyl (C=O) groups excluding carboxylic acids is 2. The van der Waals surface area contributed by atoms with Crippen LogP contribution in [0.1, 0.15) is 36.7 Å². The highest BCUT2D eigenvalue weighted by atomic mass is 35.5. The zero-order valence-electron chi connectivity index (χ0n) is 12.9. The minimum atomic E-state index is -0.664. The SMILES string of the molecule is CCO/C(=N/OC(C)=O)C1Cc2cc(C(C)=O)c(O)c(Cl)c2O1. The molecule has 0 aromatic heterocycles. The largest absolute Gasteiger partial charge is 0.505 e. The van der Waals surface area contributed by atoms with Crippen LogP contribution in [0.25, 0.3) is 0 Å². The van der Waals surface area contributed by atoms with E-state index in [1.54, 1.807) is 6.92 Å². The first kappa shape index (κ1) is 17.1. The van der Waals surface area contributed by atoms with Crippen molar-refractivity contribution in [1.82, 2.24) is 0 Å². The molecule has 0 saturated heterocycles. The van der Waals surface area contributed by atoms with Gasteiger partial charge in [0, 0.05) is 18.9 Å². The van der Waals surface area contributed by atoms with Crippen LogP contribution in [-0.2, 0) is 20.8 Å². The third kappa shape index (κ3) is 3.56. The van der Waals surface area contributed by atoms with Gasteiger partial charge in [-0.2, -0.15) is 0 Å². The molecule has 2 rings (SSSR count). The molecule has 1 aliphatic rings. The normalized spacial score (nSPS) is 16.5. The minimum Gasteiger partial charge on any atom is -0.505 e. The quantitative estimate of drug-likeness (QED) is 0.297. The molecule has 1 aromatic rings. The maximum atomic E-state index is 11.5. The van der Waals surface area contributed by atoms with Gasteiger partial charge in [-0.25, -0.2) is 4.79 Å². The molecule has 0 bridgehead atoms. The number of aromatic hydroxyl groups is 1. The molecule has 0 fully saturated rings. The molecule has 0 aliphatic carbocycles. The lowest BCUT2D eigenvalue weighted by Gasteiger charge is -2.13. The number of nitrogens with zero attached hydrogens (tertiary/aromatic N) is 1. The Bertz CT molecular complexity index is 685. The van der Waals surface area contributed by atoms with Crippen LogP contribution in [-0.4, -0.2) is 35.5 Å². The van der Waals surface area contributed by atoms with Crippen LogP contribution in [0.3, 0.4) is 0 Å². The van der Waals surface area contributed by atoms with E-state index >= 15 is 0 Å². The number of hydrogen-bond acceptors (Lipinski definition) is 7. The summed E-state index contributed by atoms with van der Waals surface area (Å²) in [5.41, 5.74) is 0.756. The number of fused-ring (bicyclic) bond motifs is 1. The van der Waals surface area contributed by atoms with Gasteiger partial charge in [-0.05, 0) is 25.1 Å². The van der Waals surface area contributed by atoms with E-state index in [0.717, 1.165) is 0 Å². The lowest BCUT2D eigenvalue weighted by molar-refractivity contribution is -0.141. The van der Waals surface area contributed by atoms with Gasteiger partial charge in [0.2, 0.25) is 0 Å². The Morgan fingerprint density at radius 1 is 1.48 bits per heavy atom. The van der Waals surface area contributed by atoms with Gasteiger partial charge in [-0.3, -0.25) is 4.79 Å². The molecule has 1 N–H and O–H groups in total. The first-order valence-corrected chi connectivity index (χ1v) is 7.33. The van der Waals surface area contributed by atoms with Gasteiger partial charge in [0.25, 0.3) is 5.90 Å². The number of oxime groups is 1. The van der Waals surface area contributed by atoms with E-state index in [4.69, 9.17) is 21.1 Å². The summed E-state index contributed by atoms with van der Waals surface area (Å²) in [6.45, 7) is 4.59. The van der Waals surface area contributed by atoms with E-state index in [1.807, 2.05) is 0 Å². The summed E-state index contributed by atoms with van der Waals surface area (Å²) < 4.78 is 11.0. The number of benzene rings is 1. The Kier molecular flexibility index (Phi) is 5.10. The van der Waals surface area contributed by atoms with Crippen molar-refractivity contribution in [3.05, 3.63) is 22.2 Å². The monoisotopic (exact) mass is 341 g/mol. The third-order valence-corrected chi connectivity index (χ3v) is 3.50. The van der Waals surface area contributed by atoms with E-state index in [0.29, 0.717) is 18.6 Å². The van der Waals surface area contributed by atoms with E-state index in [1.165, 1.54) is 19.9 Å². The summed E-state index contributed by atoms with van der Waals surface area (Å²) in [5, 5.41) is 13.6. The number of carbonyl (C=O) groups is 2. The van der Waals surface area contributed by atoms with Crippen molar-refractivity contribution in [2.45, 2.75) is 33.3 Å². The molecule has 23 heavy (non-hydrogen) atoms. The molecule has 124 valence electrons. The molecule has 0 radical (unpaired) electrons. The average molecular weight is 342 g/mol. The Labute approximate surface area is 137 Å². The van der Waals surface area contributed by atoms with Crippen LogP contribution in [0.2, 0.25) is 5.02 Å². The van der Waals surface area contributed by atoms with E-state index < -0.39 is 12.1 Å². The number of halogens is 1. The van der Waals surface area contributed by atoms with Crippen LogP contribution >= 0.6 is 11.6 Å². The van der Waals surface area contributed by atoms with Crippen LogP contribution in [0.15, 0.2) is 11.2 Å². The lowest BCUT2D eigenvalue weighted by Crippen LogP contribution is -2.28. The van der Waals surface area contributed by atoms with Crippen molar-refractivity contribution >= 4 is 29.3 Å². The number of Topliss-reactive ketones (excluding diaryl/α,β-unsaturated/α-hetero) is 1. The molecule has 1 aromatic carbocycles. The fraction of sp³-hybridized carbons (Fsp3) is 0.400. The molecular weight excluding hydrogens is 326 g/mol. The summed E-state index contributed by atoms with van der Waals surface area (Å²) in [4.78, 5) is 27.0. The molecule has 7 nitrogen and oxygen atoms in total. The van der Waals surface area contributed by atoms with E-state index in [-0.39, 0.29) is 33.8 Å². The average Bonchev–Trinajstić information content (AvgIpc) is 2.90. The first-order valence-electron chi connectivity index (χ1n) is 6.95. The summed E-state index contributed by atoms with van der Waals surface area (Å²) in [6, 6.07) is 1.52. The standard InChI is InChI=1S/C15H16ClNO6/c1-4-21-15(17-23-8(3)19)11-6-9-5-10(7(2)18)13(20)12(16)14(9)22-11/h5,11,20H,4,6H2,1-3H3/b17-15+. The topological polar surface area (TPSA) is 94.4 Å². The van der Waals surface area contributed by atoms with Crippen molar-refractivity contribution in [1.29, 1.82) is 0 Å². The fourth-order valence-corrected chi connectivity index (χ4v) is 2.45. The van der Waals surface area contributed by atoms with E-state index in [2.05, 4.69) is 9.99 Å². The molecule has 0 saturated carbocycles. The van der Waals surface area contributed by atoms with Crippen molar-refractivity contribution in [3.63, 3.8) is 0 Å². The van der Waals surface area contributed by atoms with Crippen molar-refractivity contribution in [2.75, 3.05) is 6.61 Å². The van der Waals surface area contributed by atoms with Gasteiger partial charge < -0.3 is 19.4 Å². The highest BCUT2D eigenvalue weighted by Crippen LogP contribution is 2.43. The molecule has 1 aliphatic heterocycles. The Morgan fingerprint density at radius 2 is 2.17 bits per heavy atom. The molecular formula is C15H16ClNO6. The van der Waals surface area contributed by atoms with Crippen LogP contribution in [0.4, 0.5) is 0 Å². The predicted molar refractivity (Wildman–Crippen MR) is 82.1 cm³/mol. The second-order valence-corrected chi connectivity index (χ2v) is 5.27. The number of phenols is 1. The highest BCUT2D eigenvalue weighted by Gasteiger charge is 2.33. The van der Waals surface area contributed by atoms with Crippen molar-refractivity contribution in [3.8, 4) is 11.5 Å². The molecule has 0 spiro atoms. The van der Waals surface area contributed by atoms with Crippen molar-refractivity contribution < 1.29 is 29.0 Å². The smallest absolute Gasteiger partial charge is 0.332 e. The van der Waals surface area contributed by atoms with Crippen LogP contribution < -0.4 is 4.74 Å². The maximum Gasteiger partial charge on any atom is 0.332 e. The van der Waals surface area contributed by atoms with Gasteiger partial charge in [-0.1, -0.05) is 11.6 Å². The van der Waals surface area contributed by atoms with Gasteiger partial charge >= 0.3 is 5.97 Å². The Hall–Kier alpha value is -2.28. The Morgan fingerprint density at radius 3 is 2.74 bits per heavy atom. The number of rotatable bonds is 4. The lowest BCUT2D eigenvalue weighted by atomic mass is 10.0. The van der Waals surface area contributed by atoms with Gasteiger partial charge in [-0.15, -0.1) is 0 Å². The Balaban J connectivity index is 2.33. The molecule has 1 heterocycles. The number of ether oxygens (including phenoxy) is 2. The predicted octanol–water partition coefficient (Wildman–Crippen LogP) is 2.46. The van der Waals surface area contributed by atoms with Crippen LogP contribution in [0, 0.1) is 0 Å². The molecule has 0 amide bonds. The number of phenolic OH excluding ortho intramolecular Hbond substituents is 1. The van der Waals surface area contributed by atoms with E-state index in [9.17, 15) is 14.7 Å². The summed E-state index contributed by atoms with van der Waals surface area (Å²) in [6.07, 6.45) is -0.348. The molecule has 1 atom stereocenters. The number of ketones is 1. The molecule has 8 heteroatoms. The van der Waals surface area contributed by atoms with Crippen LogP contribution in [0.5, 0.6) is 11.5 Å². The van der Waals surface area contributed by atoms with Crippen molar-refractivity contribution in [2.24, 2.45) is 5.16 Å². The fourth-order valence-electron chi connectivity index (χ4n) is 2.18. The summed E-state index contributed by atoms with van der Waals surface area (Å²) >= 11 is 6.07. The number of hydrogen-bond donors (Lipinski definition) is 1. The van der Waals surface area contributed by atoms with Gasteiger partial charge in [0.1, 0.15) is 16.5 Å². The second-order valence-electron chi connectivity index (χ2n) is 4.89. The summed E-state index contributed by atoms with van der Waals surface area (Å²) in [5.74, 6) is -0.886. The second kappa shape index (κ2) is 6.87. The zero-order valence-corrected chi connectivity index (χ0v) is 13.6. The molecule has 1 unspecified atom stereocenters. The minimum absolute atomic E-state index is 0.0430. The zero-order chi connectivity index (χ0) is 17.1. The third-order valence-electron chi connectivity index (χ3n) is 3.15.